The van der Waals surface area contributed by atoms with E-state index < -0.39 is 0 Å². The van der Waals surface area contributed by atoms with Crippen LogP contribution >= 0.6 is 0 Å². The second-order valence-electron chi connectivity index (χ2n) is 5.67. The van der Waals surface area contributed by atoms with Gasteiger partial charge in [0.25, 0.3) is 0 Å². The summed E-state index contributed by atoms with van der Waals surface area (Å²) in [6.07, 6.45) is 0. The Balaban J connectivity index is 2.47. The molecule has 1 aromatic rings. The summed E-state index contributed by atoms with van der Waals surface area (Å²) in [4.78, 5) is 4.58. The smallest absolute Gasteiger partial charge is 0.191 e. The molecule has 5 heteroatoms. The van der Waals surface area contributed by atoms with Crippen LogP contribution in [-0.2, 0) is 11.3 Å². The maximum Gasteiger partial charge on any atom is 0.191 e. The van der Waals surface area contributed by atoms with E-state index in [2.05, 4.69) is 48.5 Å². The van der Waals surface area contributed by atoms with Crippen molar-refractivity contribution in [3.63, 3.8) is 0 Å². The van der Waals surface area contributed by atoms with Gasteiger partial charge in [-0.2, -0.15) is 0 Å². The molecule has 0 aliphatic rings. The van der Waals surface area contributed by atoms with E-state index in [0.29, 0.717) is 19.1 Å². The molecule has 0 aromatic heterocycles. The standard InChI is InChI=1S/C18H31N3O2/c1-5-19-18(20-11-12-22-6-2)21-13-16-7-9-17(10-8-16)23-14-15(3)4/h7-10,15H,5-6,11-14H2,1-4H3,(H2,19,20,21). The quantitative estimate of drug-likeness (QED) is 0.395. The summed E-state index contributed by atoms with van der Waals surface area (Å²) in [7, 11) is 0. The van der Waals surface area contributed by atoms with Crippen LogP contribution in [0.5, 0.6) is 5.75 Å². The van der Waals surface area contributed by atoms with Crippen LogP contribution < -0.4 is 15.4 Å². The summed E-state index contributed by atoms with van der Waals surface area (Å²) in [5.74, 6) is 2.25. The third-order valence-corrected chi connectivity index (χ3v) is 3.01. The Morgan fingerprint density at radius 3 is 2.48 bits per heavy atom. The molecule has 0 heterocycles. The summed E-state index contributed by atoms with van der Waals surface area (Å²) < 4.78 is 11.0. The van der Waals surface area contributed by atoms with Crippen molar-refractivity contribution in [3.8, 4) is 5.75 Å². The van der Waals surface area contributed by atoms with Crippen molar-refractivity contribution >= 4 is 5.96 Å². The van der Waals surface area contributed by atoms with Gasteiger partial charge in [0, 0.05) is 19.7 Å². The Bertz CT molecular complexity index is 444. The molecule has 0 aliphatic heterocycles. The molecule has 0 saturated heterocycles. The van der Waals surface area contributed by atoms with Crippen molar-refractivity contribution < 1.29 is 9.47 Å². The molecule has 0 bridgehead atoms. The minimum absolute atomic E-state index is 0.532. The van der Waals surface area contributed by atoms with Crippen LogP contribution in [0.3, 0.4) is 0 Å². The summed E-state index contributed by atoms with van der Waals surface area (Å²) in [5.41, 5.74) is 1.16. The van der Waals surface area contributed by atoms with E-state index in [4.69, 9.17) is 9.47 Å². The SMILES string of the molecule is CCNC(=NCc1ccc(OCC(C)C)cc1)NCCOCC. The van der Waals surface area contributed by atoms with Crippen molar-refractivity contribution in [3.05, 3.63) is 29.8 Å². The largest absolute Gasteiger partial charge is 0.493 e. The van der Waals surface area contributed by atoms with E-state index in [-0.39, 0.29) is 0 Å². The molecule has 0 fully saturated rings. The van der Waals surface area contributed by atoms with Crippen LogP contribution in [-0.4, -0.2) is 38.9 Å². The number of hydrogen-bond acceptors (Lipinski definition) is 3. The third kappa shape index (κ3) is 9.08. The maximum absolute atomic E-state index is 5.69. The fourth-order valence-corrected chi connectivity index (χ4v) is 1.85. The van der Waals surface area contributed by atoms with E-state index in [1.807, 2.05) is 19.1 Å². The molecule has 0 atom stereocenters. The highest BCUT2D eigenvalue weighted by Crippen LogP contribution is 2.13. The Morgan fingerprint density at radius 2 is 1.87 bits per heavy atom. The number of nitrogens with one attached hydrogen (secondary N) is 2. The van der Waals surface area contributed by atoms with Crippen molar-refractivity contribution in [1.29, 1.82) is 0 Å². The second-order valence-corrected chi connectivity index (χ2v) is 5.67. The molecule has 0 radical (unpaired) electrons. The number of ether oxygens (including phenoxy) is 2. The molecule has 0 unspecified atom stereocenters. The molecule has 23 heavy (non-hydrogen) atoms. The summed E-state index contributed by atoms with van der Waals surface area (Å²) in [5, 5.41) is 6.49. The Hall–Kier alpha value is -1.75. The average molecular weight is 321 g/mol. The van der Waals surface area contributed by atoms with Gasteiger partial charge in [-0.3, -0.25) is 0 Å². The molecule has 5 nitrogen and oxygen atoms in total. The summed E-state index contributed by atoms with van der Waals surface area (Å²) >= 11 is 0. The highest BCUT2D eigenvalue weighted by molar-refractivity contribution is 5.79. The normalized spacial score (nSPS) is 11.6. The molecule has 130 valence electrons. The first-order valence-electron chi connectivity index (χ1n) is 8.47. The second kappa shape index (κ2) is 11.8. The van der Waals surface area contributed by atoms with Gasteiger partial charge in [-0.1, -0.05) is 26.0 Å². The van der Waals surface area contributed by atoms with E-state index in [1.165, 1.54) is 0 Å². The van der Waals surface area contributed by atoms with Crippen molar-refractivity contribution in [2.24, 2.45) is 10.9 Å². The van der Waals surface area contributed by atoms with Gasteiger partial charge >= 0.3 is 0 Å². The number of hydrogen-bond donors (Lipinski definition) is 2. The zero-order chi connectivity index (χ0) is 16.9. The molecule has 0 saturated carbocycles. The monoisotopic (exact) mass is 321 g/mol. The molecule has 1 rings (SSSR count). The minimum atomic E-state index is 0.532. The van der Waals surface area contributed by atoms with Crippen LogP contribution in [0.4, 0.5) is 0 Å². The van der Waals surface area contributed by atoms with Gasteiger partial charge in [0.1, 0.15) is 5.75 Å². The lowest BCUT2D eigenvalue weighted by molar-refractivity contribution is 0.152. The Morgan fingerprint density at radius 1 is 1.13 bits per heavy atom. The van der Waals surface area contributed by atoms with Crippen molar-refractivity contribution in [2.75, 3.05) is 32.9 Å². The van der Waals surface area contributed by atoms with Gasteiger partial charge < -0.3 is 20.1 Å². The number of aliphatic imine (C=N–C) groups is 1. The van der Waals surface area contributed by atoms with Gasteiger partial charge in [0.05, 0.1) is 19.8 Å². The highest BCUT2D eigenvalue weighted by atomic mass is 16.5. The fourth-order valence-electron chi connectivity index (χ4n) is 1.85. The maximum atomic E-state index is 5.69. The topological polar surface area (TPSA) is 54.9 Å². The fraction of sp³-hybridized carbons (Fsp3) is 0.611. The predicted octanol–water partition coefficient (Wildman–Crippen LogP) is 2.81. The van der Waals surface area contributed by atoms with Crippen LogP contribution in [0.25, 0.3) is 0 Å². The van der Waals surface area contributed by atoms with E-state index >= 15 is 0 Å². The van der Waals surface area contributed by atoms with Gasteiger partial charge in [-0.05, 0) is 37.5 Å². The molecule has 2 N–H and O–H groups in total. The number of benzene rings is 1. The first kappa shape index (κ1) is 19.3. The van der Waals surface area contributed by atoms with Crippen molar-refractivity contribution in [1.82, 2.24) is 10.6 Å². The highest BCUT2D eigenvalue weighted by Gasteiger charge is 1.99. The predicted molar refractivity (Wildman–Crippen MR) is 96.1 cm³/mol. The molecule has 1 aromatic carbocycles. The van der Waals surface area contributed by atoms with Crippen LogP contribution in [0.2, 0.25) is 0 Å². The van der Waals surface area contributed by atoms with Crippen LogP contribution in [0.15, 0.2) is 29.3 Å². The number of guanidine groups is 1. The number of nitrogens with zero attached hydrogens (tertiary/aromatic N) is 1. The summed E-state index contributed by atoms with van der Waals surface area (Å²) in [6, 6.07) is 8.12. The molecular weight excluding hydrogens is 290 g/mol. The molecular formula is C18H31N3O2. The van der Waals surface area contributed by atoms with Crippen LogP contribution in [0.1, 0.15) is 33.3 Å². The first-order chi connectivity index (χ1) is 11.2. The summed E-state index contributed by atoms with van der Waals surface area (Å²) in [6.45, 7) is 12.7. The van der Waals surface area contributed by atoms with Gasteiger partial charge in [-0.15, -0.1) is 0 Å². The minimum Gasteiger partial charge on any atom is -0.493 e. The van der Waals surface area contributed by atoms with E-state index in [9.17, 15) is 0 Å². The average Bonchev–Trinajstić information content (AvgIpc) is 2.55. The molecule has 0 amide bonds. The van der Waals surface area contributed by atoms with Gasteiger partial charge in [0.15, 0.2) is 5.96 Å². The van der Waals surface area contributed by atoms with E-state index in [0.717, 1.165) is 43.6 Å². The lowest BCUT2D eigenvalue weighted by atomic mass is 10.2. The molecule has 0 aliphatic carbocycles. The van der Waals surface area contributed by atoms with Gasteiger partial charge in [-0.25, -0.2) is 4.99 Å². The third-order valence-electron chi connectivity index (χ3n) is 3.01. The number of rotatable bonds is 10. The van der Waals surface area contributed by atoms with E-state index in [1.54, 1.807) is 0 Å². The lowest BCUT2D eigenvalue weighted by Gasteiger charge is -2.11. The van der Waals surface area contributed by atoms with Gasteiger partial charge in [0.2, 0.25) is 0 Å². The first-order valence-corrected chi connectivity index (χ1v) is 8.47. The Labute approximate surface area is 140 Å². The zero-order valence-corrected chi connectivity index (χ0v) is 14.9. The molecule has 0 spiro atoms. The Kier molecular flexibility index (Phi) is 9.87. The van der Waals surface area contributed by atoms with Crippen molar-refractivity contribution in [2.45, 2.75) is 34.2 Å². The van der Waals surface area contributed by atoms with Crippen LogP contribution in [0, 0.1) is 5.92 Å². The lowest BCUT2D eigenvalue weighted by Crippen LogP contribution is -2.39. The zero-order valence-electron chi connectivity index (χ0n) is 14.9.